The molecule has 9 heteroatoms. The lowest BCUT2D eigenvalue weighted by Gasteiger charge is -2.46. The van der Waals surface area contributed by atoms with E-state index in [-0.39, 0.29) is 11.9 Å². The van der Waals surface area contributed by atoms with Crippen molar-refractivity contribution in [2.24, 2.45) is 21.5 Å². The molecule has 1 spiro atoms. The highest BCUT2D eigenvalue weighted by Crippen LogP contribution is 2.41. The van der Waals surface area contributed by atoms with Crippen molar-refractivity contribution in [2.45, 2.75) is 44.7 Å². The van der Waals surface area contributed by atoms with Crippen LogP contribution < -0.4 is 16.4 Å². The predicted octanol–water partition coefficient (Wildman–Crippen LogP) is 2.15. The molecule has 0 saturated heterocycles. The zero-order chi connectivity index (χ0) is 17.5. The Kier molecular flexibility index (Phi) is 3.86. The summed E-state index contributed by atoms with van der Waals surface area (Å²) in [7, 11) is 0. The molecule has 128 valence electrons. The predicted molar refractivity (Wildman–Crippen MR) is 89.3 cm³/mol. The van der Waals surface area contributed by atoms with Crippen LogP contribution >= 0.6 is 0 Å². The van der Waals surface area contributed by atoms with Gasteiger partial charge in [0.1, 0.15) is 5.66 Å². The van der Waals surface area contributed by atoms with Crippen molar-refractivity contribution in [1.29, 1.82) is 0 Å². The van der Waals surface area contributed by atoms with E-state index in [0.29, 0.717) is 24.1 Å². The number of rotatable bonds is 2. The third-order valence-corrected chi connectivity index (χ3v) is 4.55. The average molecular weight is 334 g/mol. The molecule has 1 aromatic rings. The van der Waals surface area contributed by atoms with Crippen LogP contribution in [0.4, 0.5) is 15.8 Å². The number of hydrogen-bond acceptors (Lipinski definition) is 7. The Labute approximate surface area is 138 Å². The molecule has 1 aromatic carbocycles. The smallest absolute Gasteiger partial charge is 0.305 e. The summed E-state index contributed by atoms with van der Waals surface area (Å²) >= 11 is 0. The van der Waals surface area contributed by atoms with E-state index in [0.717, 1.165) is 25.3 Å². The minimum absolute atomic E-state index is 0.102. The molecule has 0 atom stereocenters. The first-order valence-corrected chi connectivity index (χ1v) is 7.78. The second kappa shape index (κ2) is 5.73. The number of guanidine groups is 2. The zero-order valence-electron chi connectivity index (χ0n) is 13.3. The number of aliphatic imine (C=N–C) groups is 2. The number of nitrogens with two attached hydrogens (primary N) is 2. The molecule has 4 N–H and O–H groups in total. The number of halogens is 1. The number of aryl methyl sites for hydroxylation is 1. The Hall–Kier alpha value is -2.71. The third-order valence-electron chi connectivity index (χ3n) is 4.55. The fourth-order valence-corrected chi connectivity index (χ4v) is 3.51. The first kappa shape index (κ1) is 16.2. The maximum atomic E-state index is 14.2. The molecule has 24 heavy (non-hydrogen) atoms. The van der Waals surface area contributed by atoms with Crippen molar-refractivity contribution in [3.05, 3.63) is 33.6 Å². The highest BCUT2D eigenvalue weighted by molar-refractivity contribution is 6.06. The van der Waals surface area contributed by atoms with E-state index in [1.54, 1.807) is 11.8 Å². The highest BCUT2D eigenvalue weighted by Gasteiger charge is 2.43. The first-order chi connectivity index (χ1) is 11.3. The van der Waals surface area contributed by atoms with Crippen LogP contribution in [0.2, 0.25) is 0 Å². The lowest BCUT2D eigenvalue weighted by atomic mass is 9.87. The Balaban J connectivity index is 2.14. The molecule has 0 aromatic heterocycles. The lowest BCUT2D eigenvalue weighted by Crippen LogP contribution is -2.58. The van der Waals surface area contributed by atoms with Gasteiger partial charge in [-0.15, -0.1) is 0 Å². The quantitative estimate of drug-likeness (QED) is 0.633. The molecule has 2 aliphatic rings. The molecule has 1 saturated carbocycles. The fraction of sp³-hybridized carbons (Fsp3) is 0.467. The second-order valence-corrected chi connectivity index (χ2v) is 6.17. The summed E-state index contributed by atoms with van der Waals surface area (Å²) in [5.74, 6) is -0.687. The second-order valence-electron chi connectivity index (χ2n) is 6.17. The minimum Gasteiger partial charge on any atom is -0.369 e. The van der Waals surface area contributed by atoms with E-state index in [1.165, 1.54) is 6.07 Å². The topological polar surface area (TPSA) is 123 Å². The Morgan fingerprint density at radius 1 is 1.29 bits per heavy atom. The van der Waals surface area contributed by atoms with Crippen LogP contribution in [0.5, 0.6) is 0 Å². The molecule has 0 unspecified atom stereocenters. The molecular weight excluding hydrogens is 315 g/mol. The van der Waals surface area contributed by atoms with Gasteiger partial charge in [0.15, 0.2) is 0 Å². The van der Waals surface area contributed by atoms with Crippen molar-refractivity contribution in [3.63, 3.8) is 0 Å². The molecule has 0 radical (unpaired) electrons. The van der Waals surface area contributed by atoms with E-state index < -0.39 is 22.1 Å². The number of nitro benzene ring substituents is 1. The molecule has 3 rings (SSSR count). The molecule has 1 fully saturated rings. The summed E-state index contributed by atoms with van der Waals surface area (Å²) in [6.07, 6.45) is 4.38. The minimum atomic E-state index is -0.915. The van der Waals surface area contributed by atoms with Gasteiger partial charge in [-0.1, -0.05) is 6.42 Å². The van der Waals surface area contributed by atoms with Crippen LogP contribution in [0, 0.1) is 22.9 Å². The van der Waals surface area contributed by atoms with Crippen LogP contribution in [0.25, 0.3) is 0 Å². The molecule has 1 heterocycles. The van der Waals surface area contributed by atoms with Crippen LogP contribution in [0.3, 0.4) is 0 Å². The van der Waals surface area contributed by atoms with Crippen molar-refractivity contribution in [3.8, 4) is 0 Å². The van der Waals surface area contributed by atoms with E-state index >= 15 is 0 Å². The summed E-state index contributed by atoms with van der Waals surface area (Å²) in [6, 6.07) is 2.33. The van der Waals surface area contributed by atoms with Gasteiger partial charge in [0.25, 0.3) is 0 Å². The van der Waals surface area contributed by atoms with Gasteiger partial charge in [0.2, 0.25) is 17.7 Å². The van der Waals surface area contributed by atoms with Crippen LogP contribution in [-0.2, 0) is 0 Å². The van der Waals surface area contributed by atoms with Gasteiger partial charge in [-0.2, -0.15) is 9.38 Å². The van der Waals surface area contributed by atoms with Crippen LogP contribution in [0.1, 0.15) is 37.7 Å². The number of benzene rings is 1. The van der Waals surface area contributed by atoms with E-state index in [4.69, 9.17) is 11.5 Å². The van der Waals surface area contributed by atoms with Gasteiger partial charge in [0.05, 0.1) is 10.6 Å². The highest BCUT2D eigenvalue weighted by atomic mass is 19.1. The number of hydrogen-bond donors (Lipinski definition) is 2. The molecular formula is C15H19FN6O2. The summed E-state index contributed by atoms with van der Waals surface area (Å²) in [6.45, 7) is 1.67. The largest absolute Gasteiger partial charge is 0.369 e. The normalized spacial score (nSPS) is 19.8. The lowest BCUT2D eigenvalue weighted by molar-refractivity contribution is -0.387. The Bertz CT molecular complexity index is 755. The maximum Gasteiger partial charge on any atom is 0.305 e. The first-order valence-electron chi connectivity index (χ1n) is 7.78. The van der Waals surface area contributed by atoms with Crippen LogP contribution in [0.15, 0.2) is 22.1 Å². The number of anilines is 1. The SMILES string of the molecule is Cc1cc([N+](=O)[O-])c(F)cc1N1C(N)=NC(N)=NC12CCCCC2. The molecule has 0 bridgehead atoms. The van der Waals surface area contributed by atoms with Gasteiger partial charge in [0, 0.05) is 12.1 Å². The maximum absolute atomic E-state index is 14.2. The third kappa shape index (κ3) is 2.55. The molecule has 1 aliphatic carbocycles. The fourth-order valence-electron chi connectivity index (χ4n) is 3.51. The monoisotopic (exact) mass is 334 g/mol. The van der Waals surface area contributed by atoms with Crippen molar-refractivity contribution >= 4 is 23.3 Å². The standard InChI is InChI=1S/C15H19FN6O2/c1-9-7-12(22(23)24)10(16)8-11(9)21-14(18)19-13(17)20-15(21)5-3-2-4-6-15/h7-8H,2-6H2,1H3,(H4,17,18,19,20). The van der Waals surface area contributed by atoms with E-state index in [9.17, 15) is 14.5 Å². The Morgan fingerprint density at radius 2 is 1.96 bits per heavy atom. The van der Waals surface area contributed by atoms with Crippen LogP contribution in [-0.4, -0.2) is 22.5 Å². The molecule has 0 amide bonds. The summed E-state index contributed by atoms with van der Waals surface area (Å²) in [5.41, 5.74) is 11.6. The number of nitro groups is 1. The van der Waals surface area contributed by atoms with Gasteiger partial charge >= 0.3 is 5.69 Å². The van der Waals surface area contributed by atoms with Crippen molar-refractivity contribution in [1.82, 2.24) is 0 Å². The van der Waals surface area contributed by atoms with Gasteiger partial charge in [-0.25, -0.2) is 4.99 Å². The summed E-state index contributed by atoms with van der Waals surface area (Å²) in [5, 5.41) is 10.9. The summed E-state index contributed by atoms with van der Waals surface area (Å²) in [4.78, 5) is 20.4. The van der Waals surface area contributed by atoms with Crippen molar-refractivity contribution < 1.29 is 9.31 Å². The van der Waals surface area contributed by atoms with E-state index in [1.807, 2.05) is 0 Å². The van der Waals surface area contributed by atoms with Gasteiger partial charge < -0.3 is 11.5 Å². The van der Waals surface area contributed by atoms with E-state index in [2.05, 4.69) is 9.98 Å². The Morgan fingerprint density at radius 3 is 2.58 bits per heavy atom. The van der Waals surface area contributed by atoms with Crippen molar-refractivity contribution in [2.75, 3.05) is 4.90 Å². The molecule has 1 aliphatic heterocycles. The van der Waals surface area contributed by atoms with Gasteiger partial charge in [-0.3, -0.25) is 15.0 Å². The number of nitrogens with zero attached hydrogens (tertiary/aromatic N) is 4. The zero-order valence-corrected chi connectivity index (χ0v) is 13.3. The average Bonchev–Trinajstić information content (AvgIpc) is 2.50. The summed E-state index contributed by atoms with van der Waals surface area (Å²) < 4.78 is 14.2. The molecule has 8 nitrogen and oxygen atoms in total. The van der Waals surface area contributed by atoms with Gasteiger partial charge in [-0.05, 0) is 38.2 Å².